The van der Waals surface area contributed by atoms with Crippen LogP contribution in [0.25, 0.3) is 10.9 Å². The van der Waals surface area contributed by atoms with Crippen LogP contribution in [0.2, 0.25) is 0 Å². The van der Waals surface area contributed by atoms with Crippen LogP contribution in [0.1, 0.15) is 0 Å². The number of nitrogens with zero attached hydrogens (tertiary/aromatic N) is 2. The molecule has 1 aromatic heterocycles. The molecular weight excluding hydrogens is 265 g/mol. The maximum absolute atomic E-state index is 5.69. The lowest BCUT2D eigenvalue weighted by molar-refractivity contribution is 0.802. The monoisotopic (exact) mass is 273 g/mol. The average molecular weight is 273 g/mol. The fourth-order valence-electron chi connectivity index (χ4n) is 1.26. The van der Waals surface area contributed by atoms with E-state index in [1.165, 1.54) is 3.57 Å². The minimum absolute atomic E-state index is 0.601. The molecule has 0 aliphatic heterocycles. The molecule has 0 radical (unpaired) electrons. The van der Waals surface area contributed by atoms with Gasteiger partial charge in [0.15, 0.2) is 5.82 Å². The van der Waals surface area contributed by atoms with E-state index < -0.39 is 0 Å². The molecule has 0 aliphatic rings. The van der Waals surface area contributed by atoms with Gasteiger partial charge in [0.25, 0.3) is 0 Å². The first-order chi connectivity index (χ1) is 5.68. The van der Waals surface area contributed by atoms with Gasteiger partial charge in [-0.3, -0.25) is 4.68 Å². The summed E-state index contributed by atoms with van der Waals surface area (Å²) in [6, 6.07) is 6.10. The number of anilines is 1. The van der Waals surface area contributed by atoms with Gasteiger partial charge < -0.3 is 5.73 Å². The largest absolute Gasteiger partial charge is 0.382 e. The Hall–Kier alpha value is -0.780. The van der Waals surface area contributed by atoms with E-state index in [-0.39, 0.29) is 0 Å². The Balaban J connectivity index is 2.90. The summed E-state index contributed by atoms with van der Waals surface area (Å²) in [6.45, 7) is 0. The van der Waals surface area contributed by atoms with Gasteiger partial charge in [-0.25, -0.2) is 0 Å². The third-order valence-electron chi connectivity index (χ3n) is 1.84. The highest BCUT2D eigenvalue weighted by atomic mass is 127. The molecule has 0 fully saturated rings. The normalized spacial score (nSPS) is 10.8. The highest BCUT2D eigenvalue weighted by Crippen LogP contribution is 2.21. The number of aromatic nitrogens is 2. The van der Waals surface area contributed by atoms with Crippen molar-refractivity contribution in [2.24, 2.45) is 7.05 Å². The first-order valence-electron chi connectivity index (χ1n) is 3.56. The molecule has 1 heterocycles. The maximum atomic E-state index is 5.69. The molecule has 3 nitrogen and oxygen atoms in total. The van der Waals surface area contributed by atoms with E-state index in [4.69, 9.17) is 5.73 Å². The van der Waals surface area contributed by atoms with E-state index in [1.807, 2.05) is 19.2 Å². The minimum Gasteiger partial charge on any atom is -0.382 e. The van der Waals surface area contributed by atoms with Crippen molar-refractivity contribution in [3.8, 4) is 0 Å². The zero-order chi connectivity index (χ0) is 8.72. The lowest BCUT2D eigenvalue weighted by atomic mass is 10.2. The molecule has 0 spiro atoms. The van der Waals surface area contributed by atoms with Crippen molar-refractivity contribution < 1.29 is 0 Å². The molecule has 0 atom stereocenters. The van der Waals surface area contributed by atoms with Gasteiger partial charge in [0, 0.05) is 16.0 Å². The highest BCUT2D eigenvalue weighted by molar-refractivity contribution is 14.1. The predicted molar refractivity (Wildman–Crippen MR) is 57.8 cm³/mol. The third-order valence-corrected chi connectivity index (χ3v) is 2.51. The number of hydrogen-bond donors (Lipinski definition) is 1. The van der Waals surface area contributed by atoms with Crippen LogP contribution in [0.3, 0.4) is 0 Å². The van der Waals surface area contributed by atoms with Crippen LogP contribution >= 0.6 is 22.6 Å². The first-order valence-corrected chi connectivity index (χ1v) is 4.64. The summed E-state index contributed by atoms with van der Waals surface area (Å²) in [5, 5.41) is 5.15. The molecule has 62 valence electrons. The van der Waals surface area contributed by atoms with Gasteiger partial charge in [0.1, 0.15) is 0 Å². The van der Waals surface area contributed by atoms with Gasteiger partial charge in [-0.15, -0.1) is 0 Å². The minimum atomic E-state index is 0.601. The van der Waals surface area contributed by atoms with Gasteiger partial charge in [0.2, 0.25) is 0 Å². The van der Waals surface area contributed by atoms with Crippen molar-refractivity contribution in [3.05, 3.63) is 21.8 Å². The zero-order valence-corrected chi connectivity index (χ0v) is 8.74. The van der Waals surface area contributed by atoms with Crippen LogP contribution in [-0.4, -0.2) is 9.78 Å². The number of rotatable bonds is 0. The number of aryl methyl sites for hydroxylation is 1. The van der Waals surface area contributed by atoms with E-state index >= 15 is 0 Å². The standard InChI is InChI=1S/C8H8IN3/c1-12-7-4-5(9)2-3-6(7)8(10)11-12/h2-4H,1H3,(H2,10,11). The molecule has 0 bridgehead atoms. The second-order valence-electron chi connectivity index (χ2n) is 2.67. The van der Waals surface area contributed by atoms with Gasteiger partial charge in [-0.05, 0) is 40.8 Å². The van der Waals surface area contributed by atoms with Crippen molar-refractivity contribution in [3.63, 3.8) is 0 Å². The number of nitrogens with two attached hydrogens (primary N) is 1. The van der Waals surface area contributed by atoms with Gasteiger partial charge >= 0.3 is 0 Å². The summed E-state index contributed by atoms with van der Waals surface area (Å²) in [4.78, 5) is 0. The van der Waals surface area contributed by atoms with E-state index in [2.05, 4.69) is 33.8 Å². The summed E-state index contributed by atoms with van der Waals surface area (Å²) in [6.07, 6.45) is 0. The fourth-order valence-corrected chi connectivity index (χ4v) is 1.73. The number of benzene rings is 1. The second kappa shape index (κ2) is 2.62. The summed E-state index contributed by atoms with van der Waals surface area (Å²) >= 11 is 2.27. The molecular formula is C8H8IN3. The second-order valence-corrected chi connectivity index (χ2v) is 3.92. The molecule has 0 saturated carbocycles. The molecule has 0 aliphatic carbocycles. The lowest BCUT2D eigenvalue weighted by Gasteiger charge is -1.93. The fraction of sp³-hybridized carbons (Fsp3) is 0.125. The topological polar surface area (TPSA) is 43.8 Å². The summed E-state index contributed by atoms with van der Waals surface area (Å²) < 4.78 is 3.00. The van der Waals surface area contributed by atoms with E-state index in [1.54, 1.807) is 4.68 Å². The smallest absolute Gasteiger partial charge is 0.153 e. The number of hydrogen-bond acceptors (Lipinski definition) is 2. The Labute approximate surface area is 83.7 Å². The quantitative estimate of drug-likeness (QED) is 0.743. The van der Waals surface area contributed by atoms with Crippen molar-refractivity contribution in [1.29, 1.82) is 0 Å². The Morgan fingerprint density at radius 3 is 3.00 bits per heavy atom. The van der Waals surface area contributed by atoms with E-state index in [9.17, 15) is 0 Å². The molecule has 12 heavy (non-hydrogen) atoms. The van der Waals surface area contributed by atoms with Crippen LogP contribution in [0.4, 0.5) is 5.82 Å². The maximum Gasteiger partial charge on any atom is 0.153 e. The molecule has 2 rings (SSSR count). The van der Waals surface area contributed by atoms with Crippen LogP contribution < -0.4 is 5.73 Å². The van der Waals surface area contributed by atoms with Gasteiger partial charge in [-0.1, -0.05) is 0 Å². The predicted octanol–water partition coefficient (Wildman–Crippen LogP) is 1.76. The Bertz CT molecular complexity index is 433. The number of halogens is 1. The Kier molecular flexibility index (Phi) is 1.71. The van der Waals surface area contributed by atoms with Crippen molar-refractivity contribution in [2.75, 3.05) is 5.73 Å². The van der Waals surface area contributed by atoms with Gasteiger partial charge in [0.05, 0.1) is 5.52 Å². The molecule has 1 aromatic carbocycles. The SMILES string of the molecule is Cn1nc(N)c2ccc(I)cc21. The number of fused-ring (bicyclic) bond motifs is 1. The lowest BCUT2D eigenvalue weighted by Crippen LogP contribution is -1.91. The zero-order valence-electron chi connectivity index (χ0n) is 6.58. The highest BCUT2D eigenvalue weighted by Gasteiger charge is 2.04. The average Bonchev–Trinajstić information content (AvgIpc) is 2.28. The van der Waals surface area contributed by atoms with Crippen molar-refractivity contribution in [1.82, 2.24) is 9.78 Å². The van der Waals surface area contributed by atoms with Crippen molar-refractivity contribution in [2.45, 2.75) is 0 Å². The summed E-state index contributed by atoms with van der Waals surface area (Å²) in [5.41, 5.74) is 6.78. The molecule has 0 unspecified atom stereocenters. The number of nitrogen functional groups attached to an aromatic ring is 1. The molecule has 2 N–H and O–H groups in total. The van der Waals surface area contributed by atoms with Crippen LogP contribution in [0.15, 0.2) is 18.2 Å². The van der Waals surface area contributed by atoms with Crippen LogP contribution in [-0.2, 0) is 7.05 Å². The Morgan fingerprint density at radius 1 is 1.50 bits per heavy atom. The molecule has 2 aromatic rings. The third kappa shape index (κ3) is 1.06. The molecule has 0 amide bonds. The Morgan fingerprint density at radius 2 is 2.25 bits per heavy atom. The molecule has 0 saturated heterocycles. The summed E-state index contributed by atoms with van der Waals surface area (Å²) in [7, 11) is 1.90. The van der Waals surface area contributed by atoms with E-state index in [0.717, 1.165) is 10.9 Å². The summed E-state index contributed by atoms with van der Waals surface area (Å²) in [5.74, 6) is 0.601. The van der Waals surface area contributed by atoms with Crippen molar-refractivity contribution >= 4 is 39.3 Å². The van der Waals surface area contributed by atoms with Gasteiger partial charge in [-0.2, -0.15) is 5.10 Å². The van der Waals surface area contributed by atoms with E-state index in [0.29, 0.717) is 5.82 Å². The van der Waals surface area contributed by atoms with Crippen LogP contribution in [0, 0.1) is 3.57 Å². The van der Waals surface area contributed by atoms with Crippen LogP contribution in [0.5, 0.6) is 0 Å². The first kappa shape index (κ1) is 7.85. The molecule has 4 heteroatoms.